The van der Waals surface area contributed by atoms with Crippen molar-refractivity contribution in [3.05, 3.63) is 59.2 Å². The summed E-state index contributed by atoms with van der Waals surface area (Å²) in [6.45, 7) is 1.65. The van der Waals surface area contributed by atoms with Crippen LogP contribution in [0, 0.1) is 6.92 Å². The molecule has 0 aliphatic carbocycles. The van der Waals surface area contributed by atoms with E-state index in [4.69, 9.17) is 14.2 Å². The number of esters is 2. The number of hydrogen-bond acceptors (Lipinski definition) is 8. The molecular formula is C22H22O7S. The van der Waals surface area contributed by atoms with Gasteiger partial charge in [-0.25, -0.2) is 4.79 Å². The van der Waals surface area contributed by atoms with Crippen LogP contribution in [0.3, 0.4) is 0 Å². The maximum Gasteiger partial charge on any atom is 0.343 e. The van der Waals surface area contributed by atoms with Crippen molar-refractivity contribution in [1.82, 2.24) is 0 Å². The monoisotopic (exact) mass is 430 g/mol. The summed E-state index contributed by atoms with van der Waals surface area (Å²) in [6, 6.07) is 10.7. The molecule has 0 bridgehead atoms. The zero-order valence-corrected chi connectivity index (χ0v) is 17.7. The molecule has 0 saturated carbocycles. The minimum atomic E-state index is -0.707. The van der Waals surface area contributed by atoms with Gasteiger partial charge in [-0.3, -0.25) is 14.4 Å². The van der Waals surface area contributed by atoms with Gasteiger partial charge in [0.25, 0.3) is 0 Å². The van der Waals surface area contributed by atoms with Crippen LogP contribution in [0.1, 0.15) is 32.7 Å². The zero-order chi connectivity index (χ0) is 22.1. The lowest BCUT2D eigenvalue weighted by Crippen LogP contribution is -2.18. The van der Waals surface area contributed by atoms with Crippen LogP contribution in [0.5, 0.6) is 11.5 Å². The van der Waals surface area contributed by atoms with E-state index in [2.05, 4.69) is 0 Å². The normalized spacial score (nSPS) is 10.2. The lowest BCUT2D eigenvalue weighted by atomic mass is 10.0. The van der Waals surface area contributed by atoms with Gasteiger partial charge in [-0.15, -0.1) is 0 Å². The van der Waals surface area contributed by atoms with Gasteiger partial charge in [0.15, 0.2) is 0 Å². The molecule has 7 nitrogen and oxygen atoms in total. The van der Waals surface area contributed by atoms with Gasteiger partial charge in [0, 0.05) is 12.0 Å². The van der Waals surface area contributed by atoms with Gasteiger partial charge >= 0.3 is 11.9 Å². The van der Waals surface area contributed by atoms with Crippen LogP contribution in [-0.4, -0.2) is 49.2 Å². The van der Waals surface area contributed by atoms with Gasteiger partial charge in [-0.05, 0) is 49.1 Å². The zero-order valence-electron chi connectivity index (χ0n) is 16.9. The fourth-order valence-corrected chi connectivity index (χ4v) is 2.79. The van der Waals surface area contributed by atoms with E-state index in [1.54, 1.807) is 38.5 Å². The van der Waals surface area contributed by atoms with E-state index in [0.29, 0.717) is 11.5 Å². The minimum Gasteiger partial charge on any atom is -0.497 e. The lowest BCUT2D eigenvalue weighted by molar-refractivity contribution is -0.140. The van der Waals surface area contributed by atoms with E-state index in [0.717, 1.165) is 5.56 Å². The maximum absolute atomic E-state index is 12.3. The second-order valence-electron chi connectivity index (χ2n) is 6.25. The van der Waals surface area contributed by atoms with Crippen molar-refractivity contribution in [2.75, 3.05) is 25.7 Å². The Labute approximate surface area is 178 Å². The molecule has 0 heterocycles. The van der Waals surface area contributed by atoms with Crippen LogP contribution in [0.25, 0.3) is 0 Å². The molecule has 0 aliphatic heterocycles. The van der Waals surface area contributed by atoms with Crippen molar-refractivity contribution in [2.45, 2.75) is 13.3 Å². The van der Waals surface area contributed by atoms with Crippen LogP contribution in [0.4, 0.5) is 0 Å². The fraction of sp³-hybridized carbons (Fsp3) is 0.273. The van der Waals surface area contributed by atoms with Crippen LogP contribution in [0.15, 0.2) is 42.5 Å². The summed E-state index contributed by atoms with van der Waals surface area (Å²) in [5.41, 5.74) is 1.12. The standard InChI is InChI=1S/C22H22O7S/c1-14-12-17(27-2)8-9-19(14)29-22(26)16-6-4-15(5-7-16)21(25)18(23)10-11-28-20(24)13-30-3/h4-9,12H,10-11,13H2,1-3H3. The third-order valence-corrected chi connectivity index (χ3v) is 4.60. The number of benzene rings is 2. The van der Waals surface area contributed by atoms with E-state index >= 15 is 0 Å². The SMILES string of the molecule is COc1ccc(OC(=O)c2ccc(C(=O)C(=O)CCOC(=O)CSC)cc2)c(C)c1. The minimum absolute atomic E-state index is 0.143. The highest BCUT2D eigenvalue weighted by atomic mass is 32.2. The number of carbonyl (C=O) groups excluding carboxylic acids is 4. The number of methoxy groups -OCH3 is 1. The van der Waals surface area contributed by atoms with Gasteiger partial charge in [-0.1, -0.05) is 12.1 Å². The first kappa shape index (κ1) is 23.2. The Morgan fingerprint density at radius 3 is 2.23 bits per heavy atom. The molecule has 0 fully saturated rings. The van der Waals surface area contributed by atoms with Crippen molar-refractivity contribution in [3.63, 3.8) is 0 Å². The number of carbonyl (C=O) groups is 4. The molecule has 2 rings (SSSR count). The Morgan fingerprint density at radius 2 is 1.63 bits per heavy atom. The Bertz CT molecular complexity index is 935. The number of hydrogen-bond donors (Lipinski definition) is 0. The third-order valence-electron chi connectivity index (χ3n) is 4.08. The first-order valence-electron chi connectivity index (χ1n) is 9.04. The highest BCUT2D eigenvalue weighted by Gasteiger charge is 2.18. The summed E-state index contributed by atoms with van der Waals surface area (Å²) < 4.78 is 15.4. The predicted molar refractivity (Wildman–Crippen MR) is 112 cm³/mol. The van der Waals surface area contributed by atoms with Crippen LogP contribution >= 0.6 is 11.8 Å². The van der Waals surface area contributed by atoms with E-state index < -0.39 is 23.5 Å². The summed E-state index contributed by atoms with van der Waals surface area (Å²) >= 11 is 1.31. The summed E-state index contributed by atoms with van der Waals surface area (Å²) in [6.07, 6.45) is 1.56. The van der Waals surface area contributed by atoms with Gasteiger partial charge in [-0.2, -0.15) is 11.8 Å². The van der Waals surface area contributed by atoms with Crippen LogP contribution in [0.2, 0.25) is 0 Å². The third kappa shape index (κ3) is 6.45. The Morgan fingerprint density at radius 1 is 0.967 bits per heavy atom. The predicted octanol–water partition coefficient (Wildman–Crippen LogP) is 3.27. The Hall–Kier alpha value is -3.13. The van der Waals surface area contributed by atoms with Crippen molar-refractivity contribution < 1.29 is 33.4 Å². The number of aryl methyl sites for hydroxylation is 1. The van der Waals surface area contributed by atoms with Crippen LogP contribution < -0.4 is 9.47 Å². The molecule has 158 valence electrons. The quantitative estimate of drug-likeness (QED) is 0.245. The highest BCUT2D eigenvalue weighted by molar-refractivity contribution is 7.99. The second-order valence-corrected chi connectivity index (χ2v) is 7.12. The highest BCUT2D eigenvalue weighted by Crippen LogP contribution is 2.24. The molecule has 8 heteroatoms. The van der Waals surface area contributed by atoms with E-state index in [-0.39, 0.29) is 29.9 Å². The fourth-order valence-electron chi connectivity index (χ4n) is 2.47. The van der Waals surface area contributed by atoms with Crippen molar-refractivity contribution in [3.8, 4) is 11.5 Å². The molecule has 0 aliphatic rings. The van der Waals surface area contributed by atoms with E-state index in [1.807, 2.05) is 0 Å². The molecule has 0 radical (unpaired) electrons. The van der Waals surface area contributed by atoms with Gasteiger partial charge in [0.2, 0.25) is 11.6 Å². The molecule has 0 saturated heterocycles. The molecule has 2 aromatic rings. The molecule has 0 amide bonds. The molecule has 0 atom stereocenters. The molecule has 2 aromatic carbocycles. The molecule has 0 unspecified atom stereocenters. The summed E-state index contributed by atoms with van der Waals surface area (Å²) in [7, 11) is 1.55. The summed E-state index contributed by atoms with van der Waals surface area (Å²) in [5.74, 6) is -1.16. The van der Waals surface area contributed by atoms with E-state index in [9.17, 15) is 19.2 Å². The van der Waals surface area contributed by atoms with Gasteiger partial charge < -0.3 is 14.2 Å². The molecule has 0 aromatic heterocycles. The van der Waals surface area contributed by atoms with Crippen molar-refractivity contribution in [2.24, 2.45) is 0 Å². The molecule has 0 spiro atoms. The first-order chi connectivity index (χ1) is 14.3. The summed E-state index contributed by atoms with van der Waals surface area (Å²) in [4.78, 5) is 47.8. The van der Waals surface area contributed by atoms with Crippen molar-refractivity contribution >= 4 is 35.3 Å². The van der Waals surface area contributed by atoms with Crippen LogP contribution in [-0.2, 0) is 14.3 Å². The van der Waals surface area contributed by atoms with Crippen molar-refractivity contribution in [1.29, 1.82) is 0 Å². The topological polar surface area (TPSA) is 96.0 Å². The maximum atomic E-state index is 12.3. The largest absolute Gasteiger partial charge is 0.497 e. The lowest BCUT2D eigenvalue weighted by Gasteiger charge is -2.09. The van der Waals surface area contributed by atoms with Gasteiger partial charge in [0.05, 0.1) is 25.0 Å². The first-order valence-corrected chi connectivity index (χ1v) is 10.4. The average molecular weight is 430 g/mol. The second kappa shape index (κ2) is 11.2. The smallest absolute Gasteiger partial charge is 0.343 e. The number of ether oxygens (including phenoxy) is 3. The van der Waals surface area contributed by atoms with Gasteiger partial charge in [0.1, 0.15) is 11.5 Å². The number of rotatable bonds is 10. The number of ketones is 2. The molecule has 0 N–H and O–H groups in total. The summed E-state index contributed by atoms with van der Waals surface area (Å²) in [5, 5.41) is 0. The number of thioether (sulfide) groups is 1. The Kier molecular flexibility index (Phi) is 8.61. The Balaban J connectivity index is 1.95. The molecular weight excluding hydrogens is 408 g/mol. The average Bonchev–Trinajstić information content (AvgIpc) is 2.74. The number of Topliss-reactive ketones (excluding diaryl/α,β-unsaturated/α-hetero) is 2. The van der Waals surface area contributed by atoms with E-state index in [1.165, 1.54) is 36.0 Å². The molecule has 30 heavy (non-hydrogen) atoms.